The number of carbonyl (C=O) groups excluding carboxylic acids is 1. The van der Waals surface area contributed by atoms with Crippen molar-refractivity contribution in [1.29, 1.82) is 0 Å². The van der Waals surface area contributed by atoms with Crippen molar-refractivity contribution in [2.24, 2.45) is 0 Å². The van der Waals surface area contributed by atoms with Crippen molar-refractivity contribution in [2.75, 3.05) is 16.8 Å². The van der Waals surface area contributed by atoms with E-state index >= 15 is 0 Å². The number of aliphatic hydroxyl groups is 1. The summed E-state index contributed by atoms with van der Waals surface area (Å²) in [5.74, 6) is -0.0893. The van der Waals surface area contributed by atoms with Gasteiger partial charge < -0.3 is 15.3 Å². The minimum atomic E-state index is -0.674. The molecule has 0 radical (unpaired) electrons. The molecule has 5 heteroatoms. The minimum absolute atomic E-state index is 0.0893. The number of benzene rings is 2. The molecule has 126 valence electrons. The molecule has 0 saturated carbocycles. The molecule has 0 spiro atoms. The lowest BCUT2D eigenvalue weighted by Crippen LogP contribution is -2.39. The maximum absolute atomic E-state index is 12.0. The number of nitrogens with zero attached hydrogens (tertiary/aromatic N) is 1. The monoisotopic (exact) mass is 344 g/mol. The molecular weight excluding hydrogens is 324 g/mol. The van der Waals surface area contributed by atoms with E-state index in [1.54, 1.807) is 0 Å². The number of carbonyl (C=O) groups is 1. The Labute approximate surface area is 147 Å². The van der Waals surface area contributed by atoms with Crippen LogP contribution in [0.4, 0.5) is 11.4 Å². The molecule has 4 nitrogen and oxygen atoms in total. The number of hydrogen-bond donors (Lipinski definition) is 2. The van der Waals surface area contributed by atoms with Crippen LogP contribution in [0.1, 0.15) is 24.8 Å². The molecule has 1 heterocycles. The van der Waals surface area contributed by atoms with Crippen LogP contribution in [0.25, 0.3) is 0 Å². The van der Waals surface area contributed by atoms with E-state index in [1.165, 1.54) is 0 Å². The van der Waals surface area contributed by atoms with Gasteiger partial charge >= 0.3 is 0 Å². The number of aliphatic hydroxyl groups excluding tert-OH is 1. The number of fused-ring (bicyclic) bond motifs is 1. The molecular formula is C19H21ClN2O2. The Hall–Kier alpha value is -2.04. The fourth-order valence-corrected chi connectivity index (χ4v) is 3.26. The van der Waals surface area contributed by atoms with Crippen LogP contribution >= 0.6 is 11.6 Å². The standard InChI is InChI=1S/C19H21ClN2O2/c20-15-8-9-17-14(13-15)5-4-12-22(17)19(24)11-10-18(23)21-16-6-2-1-3-7-16/h1-3,6-9,13,19,24H,4-5,10-12H2,(H,21,23). The highest BCUT2D eigenvalue weighted by Crippen LogP contribution is 2.31. The van der Waals surface area contributed by atoms with Gasteiger partial charge in [-0.15, -0.1) is 0 Å². The van der Waals surface area contributed by atoms with E-state index < -0.39 is 6.23 Å². The van der Waals surface area contributed by atoms with E-state index in [2.05, 4.69) is 5.32 Å². The van der Waals surface area contributed by atoms with Gasteiger partial charge in [0.1, 0.15) is 6.23 Å². The van der Waals surface area contributed by atoms with Crippen LogP contribution in [0, 0.1) is 0 Å². The van der Waals surface area contributed by atoms with Gasteiger partial charge in [0.2, 0.25) is 5.91 Å². The molecule has 0 aliphatic carbocycles. The first-order valence-corrected chi connectivity index (χ1v) is 8.59. The van der Waals surface area contributed by atoms with Crippen molar-refractivity contribution in [3.63, 3.8) is 0 Å². The summed E-state index contributed by atoms with van der Waals surface area (Å²) in [6.07, 6.45) is 1.93. The molecule has 1 aliphatic heterocycles. The van der Waals surface area contributed by atoms with Crippen LogP contribution in [0.15, 0.2) is 48.5 Å². The highest BCUT2D eigenvalue weighted by molar-refractivity contribution is 6.30. The van der Waals surface area contributed by atoms with E-state index in [0.717, 1.165) is 36.3 Å². The van der Waals surface area contributed by atoms with Crippen LogP contribution < -0.4 is 10.2 Å². The largest absolute Gasteiger partial charge is 0.374 e. The number of aryl methyl sites for hydroxylation is 1. The number of anilines is 2. The van der Waals surface area contributed by atoms with Gasteiger partial charge in [-0.2, -0.15) is 0 Å². The van der Waals surface area contributed by atoms with E-state index in [1.807, 2.05) is 53.4 Å². The maximum atomic E-state index is 12.0. The smallest absolute Gasteiger partial charge is 0.224 e. The number of hydrogen-bond acceptors (Lipinski definition) is 3. The lowest BCUT2D eigenvalue weighted by Gasteiger charge is -2.35. The van der Waals surface area contributed by atoms with Crippen molar-refractivity contribution in [3.8, 4) is 0 Å². The van der Waals surface area contributed by atoms with Crippen LogP contribution in [0.2, 0.25) is 5.02 Å². The topological polar surface area (TPSA) is 52.6 Å². The first-order valence-electron chi connectivity index (χ1n) is 8.21. The molecule has 24 heavy (non-hydrogen) atoms. The molecule has 1 unspecified atom stereocenters. The first-order chi connectivity index (χ1) is 11.6. The van der Waals surface area contributed by atoms with Crippen molar-refractivity contribution < 1.29 is 9.90 Å². The number of para-hydroxylation sites is 1. The molecule has 0 bridgehead atoms. The molecule has 2 aromatic carbocycles. The number of rotatable bonds is 5. The molecule has 2 aromatic rings. The summed E-state index contributed by atoms with van der Waals surface area (Å²) >= 11 is 6.05. The molecule has 0 fully saturated rings. The highest BCUT2D eigenvalue weighted by atomic mass is 35.5. The molecule has 1 amide bonds. The second-order valence-corrected chi connectivity index (χ2v) is 6.44. The van der Waals surface area contributed by atoms with Gasteiger partial charge in [0.15, 0.2) is 0 Å². The summed E-state index contributed by atoms with van der Waals surface area (Å²) in [7, 11) is 0. The summed E-state index contributed by atoms with van der Waals surface area (Å²) in [5, 5.41) is 14.1. The fourth-order valence-electron chi connectivity index (χ4n) is 3.07. The summed E-state index contributed by atoms with van der Waals surface area (Å²) in [6.45, 7) is 0.788. The zero-order valence-electron chi connectivity index (χ0n) is 13.4. The zero-order chi connectivity index (χ0) is 16.9. The van der Waals surface area contributed by atoms with Gasteiger partial charge in [0.25, 0.3) is 0 Å². The van der Waals surface area contributed by atoms with Gasteiger partial charge in [0, 0.05) is 35.8 Å². The Morgan fingerprint density at radius 2 is 2.04 bits per heavy atom. The van der Waals surface area contributed by atoms with Gasteiger partial charge in [-0.05, 0) is 48.7 Å². The molecule has 1 atom stereocenters. The van der Waals surface area contributed by atoms with Crippen molar-refractivity contribution in [2.45, 2.75) is 31.9 Å². The Kier molecular flexibility index (Phi) is 5.38. The second kappa shape index (κ2) is 7.69. The molecule has 1 aliphatic rings. The van der Waals surface area contributed by atoms with Crippen molar-refractivity contribution in [3.05, 3.63) is 59.1 Å². The third kappa shape index (κ3) is 4.08. The van der Waals surface area contributed by atoms with Crippen LogP contribution in [-0.4, -0.2) is 23.8 Å². The van der Waals surface area contributed by atoms with Crippen LogP contribution in [-0.2, 0) is 11.2 Å². The van der Waals surface area contributed by atoms with E-state index in [0.29, 0.717) is 11.4 Å². The van der Waals surface area contributed by atoms with E-state index in [9.17, 15) is 9.90 Å². The molecule has 0 saturated heterocycles. The predicted octanol–water partition coefficient (Wildman–Crippen LogP) is 3.83. The summed E-state index contributed by atoms with van der Waals surface area (Å²) in [6, 6.07) is 15.1. The van der Waals surface area contributed by atoms with Gasteiger partial charge in [0.05, 0.1) is 0 Å². The fraction of sp³-hybridized carbons (Fsp3) is 0.316. The number of halogens is 1. The van der Waals surface area contributed by atoms with Crippen molar-refractivity contribution in [1.82, 2.24) is 0 Å². The minimum Gasteiger partial charge on any atom is -0.374 e. The van der Waals surface area contributed by atoms with Crippen LogP contribution in [0.5, 0.6) is 0 Å². The first kappa shape index (κ1) is 16.8. The van der Waals surface area contributed by atoms with E-state index in [4.69, 9.17) is 11.6 Å². The van der Waals surface area contributed by atoms with E-state index in [-0.39, 0.29) is 12.3 Å². The molecule has 2 N–H and O–H groups in total. The predicted molar refractivity (Wildman–Crippen MR) is 97.4 cm³/mol. The Balaban J connectivity index is 1.58. The second-order valence-electron chi connectivity index (χ2n) is 6.00. The molecule has 0 aromatic heterocycles. The van der Waals surface area contributed by atoms with Gasteiger partial charge in [-0.3, -0.25) is 4.79 Å². The third-order valence-electron chi connectivity index (χ3n) is 4.24. The SMILES string of the molecule is O=C(CCC(O)N1CCCc2cc(Cl)ccc21)Nc1ccccc1. The Bertz CT molecular complexity index is 706. The summed E-state index contributed by atoms with van der Waals surface area (Å²) < 4.78 is 0. The third-order valence-corrected chi connectivity index (χ3v) is 4.48. The zero-order valence-corrected chi connectivity index (χ0v) is 14.2. The maximum Gasteiger partial charge on any atom is 0.224 e. The lowest BCUT2D eigenvalue weighted by atomic mass is 10.0. The average Bonchev–Trinajstić information content (AvgIpc) is 2.59. The number of amides is 1. The molecule has 3 rings (SSSR count). The Morgan fingerprint density at radius 3 is 2.83 bits per heavy atom. The van der Waals surface area contributed by atoms with Crippen molar-refractivity contribution >= 4 is 28.9 Å². The number of nitrogens with one attached hydrogen (secondary N) is 1. The average molecular weight is 345 g/mol. The Morgan fingerprint density at radius 1 is 1.25 bits per heavy atom. The summed E-state index contributed by atoms with van der Waals surface area (Å²) in [5.41, 5.74) is 2.94. The summed E-state index contributed by atoms with van der Waals surface area (Å²) in [4.78, 5) is 14.0. The van der Waals surface area contributed by atoms with Gasteiger partial charge in [-0.25, -0.2) is 0 Å². The van der Waals surface area contributed by atoms with Gasteiger partial charge in [-0.1, -0.05) is 29.8 Å². The highest BCUT2D eigenvalue weighted by Gasteiger charge is 2.23. The quantitative estimate of drug-likeness (QED) is 0.866. The normalized spacial score (nSPS) is 14.8. The lowest BCUT2D eigenvalue weighted by molar-refractivity contribution is -0.116. The van der Waals surface area contributed by atoms with Crippen LogP contribution in [0.3, 0.4) is 0 Å².